The molecule has 0 radical (unpaired) electrons. The van der Waals surface area contributed by atoms with Gasteiger partial charge in [-0.1, -0.05) is 0 Å². The van der Waals surface area contributed by atoms with Gasteiger partial charge < -0.3 is 9.47 Å². The molecule has 0 aliphatic rings. The van der Waals surface area contributed by atoms with Gasteiger partial charge in [0.15, 0.2) is 0 Å². The lowest BCUT2D eigenvalue weighted by molar-refractivity contribution is -0.155. The van der Waals surface area contributed by atoms with Crippen molar-refractivity contribution in [1.29, 1.82) is 5.26 Å². The third-order valence-corrected chi connectivity index (χ3v) is 1.00. The molecule has 0 spiro atoms. The maximum Gasteiger partial charge on any atom is 0.334 e. The molecule has 0 aromatic carbocycles. The van der Waals surface area contributed by atoms with Crippen molar-refractivity contribution < 1.29 is 19.1 Å². The largest absolute Gasteiger partial charge is 0.468 e. The van der Waals surface area contributed by atoms with Crippen LogP contribution >= 0.6 is 0 Å². The highest BCUT2D eigenvalue weighted by Crippen LogP contribution is 1.99. The fourth-order valence-corrected chi connectivity index (χ4v) is 0.437. The second-order valence-corrected chi connectivity index (χ2v) is 1.61. The first-order valence-electron chi connectivity index (χ1n) is 2.72. The van der Waals surface area contributed by atoms with Crippen molar-refractivity contribution >= 4 is 11.9 Å². The molecular formula is C6H7NO4. The number of carbonyl (C=O) groups excluding carboxylic acids is 2. The van der Waals surface area contributed by atoms with Gasteiger partial charge >= 0.3 is 11.9 Å². The highest BCUT2D eigenvalue weighted by Gasteiger charge is 2.27. The Bertz CT molecular complexity index is 189. The number of carbonyl (C=O) groups is 2. The Morgan fingerprint density at radius 1 is 1.27 bits per heavy atom. The van der Waals surface area contributed by atoms with E-state index in [4.69, 9.17) is 5.26 Å². The Labute approximate surface area is 63.5 Å². The van der Waals surface area contributed by atoms with E-state index in [-0.39, 0.29) is 0 Å². The Balaban J connectivity index is 4.31. The van der Waals surface area contributed by atoms with E-state index in [0.29, 0.717) is 0 Å². The lowest BCUT2D eigenvalue weighted by Crippen LogP contribution is -2.24. The van der Waals surface area contributed by atoms with Crippen LogP contribution in [0, 0.1) is 17.2 Å². The predicted octanol–water partition coefficient (Wildman–Crippen LogP) is -0.528. The molecule has 0 aliphatic carbocycles. The van der Waals surface area contributed by atoms with Gasteiger partial charge in [0.1, 0.15) is 0 Å². The second kappa shape index (κ2) is 4.28. The van der Waals surface area contributed by atoms with Gasteiger partial charge in [-0.05, 0) is 0 Å². The quantitative estimate of drug-likeness (QED) is 0.398. The molecule has 0 fully saturated rings. The fourth-order valence-electron chi connectivity index (χ4n) is 0.437. The molecule has 0 atom stereocenters. The number of nitrogens with zero attached hydrogens (tertiary/aromatic N) is 1. The van der Waals surface area contributed by atoms with E-state index in [1.807, 2.05) is 0 Å². The molecule has 11 heavy (non-hydrogen) atoms. The maximum absolute atomic E-state index is 10.6. The molecule has 0 rings (SSSR count). The molecule has 0 aromatic heterocycles. The summed E-state index contributed by atoms with van der Waals surface area (Å²) in [5, 5.41) is 8.28. The van der Waals surface area contributed by atoms with E-state index in [1.54, 1.807) is 0 Å². The van der Waals surface area contributed by atoms with Crippen molar-refractivity contribution in [1.82, 2.24) is 0 Å². The van der Waals surface area contributed by atoms with Gasteiger partial charge in [-0.3, -0.25) is 9.59 Å². The van der Waals surface area contributed by atoms with E-state index in [9.17, 15) is 9.59 Å². The molecule has 0 bridgehead atoms. The van der Waals surface area contributed by atoms with Gasteiger partial charge in [-0.25, -0.2) is 0 Å². The van der Waals surface area contributed by atoms with Gasteiger partial charge in [0.05, 0.1) is 20.3 Å². The third kappa shape index (κ3) is 2.26. The minimum atomic E-state index is -1.47. The molecule has 0 heterocycles. The molecule has 0 aromatic rings. The Morgan fingerprint density at radius 2 is 1.64 bits per heavy atom. The van der Waals surface area contributed by atoms with Gasteiger partial charge in [-0.2, -0.15) is 5.26 Å². The summed E-state index contributed by atoms with van der Waals surface area (Å²) in [6, 6.07) is 1.45. The summed E-state index contributed by atoms with van der Waals surface area (Å²) in [6.07, 6.45) is 0. The molecular weight excluding hydrogens is 150 g/mol. The fraction of sp³-hybridized carbons (Fsp3) is 0.500. The minimum absolute atomic E-state index is 0.903. The van der Waals surface area contributed by atoms with Gasteiger partial charge in [0.2, 0.25) is 5.92 Å². The zero-order valence-electron chi connectivity index (χ0n) is 6.16. The van der Waals surface area contributed by atoms with Crippen LogP contribution in [0.4, 0.5) is 0 Å². The van der Waals surface area contributed by atoms with Crippen LogP contribution < -0.4 is 0 Å². The zero-order valence-corrected chi connectivity index (χ0v) is 6.16. The van der Waals surface area contributed by atoms with E-state index < -0.39 is 17.9 Å². The number of esters is 2. The van der Waals surface area contributed by atoms with Crippen molar-refractivity contribution in [2.45, 2.75) is 0 Å². The number of rotatable bonds is 2. The van der Waals surface area contributed by atoms with Crippen molar-refractivity contribution in [2.75, 3.05) is 14.2 Å². The molecule has 0 N–H and O–H groups in total. The average molecular weight is 157 g/mol. The van der Waals surface area contributed by atoms with Gasteiger partial charge in [0, 0.05) is 0 Å². The lowest BCUT2D eigenvalue weighted by Gasteiger charge is -2.02. The molecule has 60 valence electrons. The molecule has 0 amide bonds. The van der Waals surface area contributed by atoms with Crippen LogP contribution in [0.3, 0.4) is 0 Å². The topological polar surface area (TPSA) is 76.4 Å². The molecule has 5 heteroatoms. The molecule has 0 saturated heterocycles. The summed E-state index contributed by atoms with van der Waals surface area (Å²) in [5.41, 5.74) is 0. The normalized spacial score (nSPS) is 8.55. The van der Waals surface area contributed by atoms with E-state index in [2.05, 4.69) is 9.47 Å². The highest BCUT2D eigenvalue weighted by molar-refractivity contribution is 5.97. The number of nitriles is 1. The van der Waals surface area contributed by atoms with Crippen molar-refractivity contribution in [3.8, 4) is 6.07 Å². The smallest absolute Gasteiger partial charge is 0.334 e. The first kappa shape index (κ1) is 9.43. The van der Waals surface area contributed by atoms with Crippen LogP contribution in [-0.4, -0.2) is 26.2 Å². The van der Waals surface area contributed by atoms with E-state index in [0.717, 1.165) is 14.2 Å². The van der Waals surface area contributed by atoms with Crippen LogP contribution in [0.25, 0.3) is 0 Å². The van der Waals surface area contributed by atoms with Gasteiger partial charge in [-0.15, -0.1) is 0 Å². The summed E-state index contributed by atoms with van der Waals surface area (Å²) < 4.78 is 8.33. The first-order chi connectivity index (χ1) is 5.17. The van der Waals surface area contributed by atoms with Crippen LogP contribution in [0.5, 0.6) is 0 Å². The van der Waals surface area contributed by atoms with Crippen molar-refractivity contribution in [2.24, 2.45) is 5.92 Å². The molecule has 0 unspecified atom stereocenters. The third-order valence-electron chi connectivity index (χ3n) is 1.00. The number of hydrogen-bond acceptors (Lipinski definition) is 5. The highest BCUT2D eigenvalue weighted by atomic mass is 16.5. The van der Waals surface area contributed by atoms with E-state index in [1.165, 1.54) is 6.07 Å². The Hall–Kier alpha value is -1.57. The summed E-state index contributed by atoms with van der Waals surface area (Å²) in [7, 11) is 2.19. The number of methoxy groups -OCH3 is 2. The SMILES string of the molecule is COC(=O)C(C#N)C(=O)OC. The van der Waals surface area contributed by atoms with Gasteiger partial charge in [0.25, 0.3) is 0 Å². The van der Waals surface area contributed by atoms with Crippen LogP contribution in [-0.2, 0) is 19.1 Å². The summed E-state index contributed by atoms with van der Waals surface area (Å²) in [6.45, 7) is 0. The summed E-state index contributed by atoms with van der Waals surface area (Å²) >= 11 is 0. The Morgan fingerprint density at radius 3 is 1.82 bits per heavy atom. The first-order valence-corrected chi connectivity index (χ1v) is 2.72. The lowest BCUT2D eigenvalue weighted by atomic mass is 10.2. The summed E-state index contributed by atoms with van der Waals surface area (Å²) in [4.78, 5) is 21.2. The number of ether oxygens (including phenoxy) is 2. The second-order valence-electron chi connectivity index (χ2n) is 1.61. The summed E-state index contributed by atoms with van der Waals surface area (Å²) in [5.74, 6) is -3.27. The zero-order chi connectivity index (χ0) is 8.85. The molecule has 5 nitrogen and oxygen atoms in total. The predicted molar refractivity (Wildman–Crippen MR) is 33.1 cm³/mol. The monoisotopic (exact) mass is 157 g/mol. The Kier molecular flexibility index (Phi) is 3.67. The molecule has 0 saturated carbocycles. The van der Waals surface area contributed by atoms with Crippen LogP contribution in [0.15, 0.2) is 0 Å². The molecule has 0 aliphatic heterocycles. The maximum atomic E-state index is 10.6. The van der Waals surface area contributed by atoms with E-state index >= 15 is 0 Å². The van der Waals surface area contributed by atoms with Crippen LogP contribution in [0.2, 0.25) is 0 Å². The van der Waals surface area contributed by atoms with Crippen molar-refractivity contribution in [3.63, 3.8) is 0 Å². The average Bonchev–Trinajstić information content (AvgIpc) is 2.05. The standard InChI is InChI=1S/C6H7NO4/c1-10-5(8)4(3-7)6(9)11-2/h4H,1-2H3. The van der Waals surface area contributed by atoms with Crippen LogP contribution in [0.1, 0.15) is 0 Å². The number of hydrogen-bond donors (Lipinski definition) is 0. The minimum Gasteiger partial charge on any atom is -0.468 e. The van der Waals surface area contributed by atoms with Crippen molar-refractivity contribution in [3.05, 3.63) is 0 Å².